The topological polar surface area (TPSA) is 54.3 Å². The Hall–Kier alpha value is -2.07. The van der Waals surface area contributed by atoms with Crippen LogP contribution in [0.2, 0.25) is 0 Å². The summed E-state index contributed by atoms with van der Waals surface area (Å²) >= 11 is 0. The SMILES string of the molecule is CCOC(=N)CNCC1=CC=C(OCCc2ccccc2)C1. The molecule has 1 aliphatic carbocycles. The number of ether oxygens (including phenoxy) is 2. The molecule has 22 heavy (non-hydrogen) atoms. The molecule has 0 fully saturated rings. The standard InChI is InChI=1S/C18H24N2O2/c1-2-21-18(19)14-20-13-16-8-9-17(12-16)22-11-10-15-6-4-3-5-7-15/h3-9,19-20H,2,10-14H2,1H3. The molecule has 1 aromatic rings. The van der Waals surface area contributed by atoms with Gasteiger partial charge < -0.3 is 14.8 Å². The third-order valence-electron chi connectivity index (χ3n) is 3.38. The van der Waals surface area contributed by atoms with Gasteiger partial charge in [-0.1, -0.05) is 36.4 Å². The Balaban J connectivity index is 1.58. The van der Waals surface area contributed by atoms with Gasteiger partial charge >= 0.3 is 0 Å². The van der Waals surface area contributed by atoms with E-state index in [1.807, 2.05) is 19.1 Å². The van der Waals surface area contributed by atoms with E-state index in [-0.39, 0.29) is 5.90 Å². The van der Waals surface area contributed by atoms with E-state index in [0.29, 0.717) is 19.8 Å². The summed E-state index contributed by atoms with van der Waals surface area (Å²) in [6, 6.07) is 10.4. The quantitative estimate of drug-likeness (QED) is 0.544. The van der Waals surface area contributed by atoms with E-state index in [9.17, 15) is 0 Å². The maximum absolute atomic E-state index is 7.53. The average Bonchev–Trinajstić information content (AvgIpc) is 2.96. The highest BCUT2D eigenvalue weighted by atomic mass is 16.5. The lowest BCUT2D eigenvalue weighted by atomic mass is 10.2. The van der Waals surface area contributed by atoms with Crippen molar-refractivity contribution in [2.24, 2.45) is 0 Å². The molecule has 0 bridgehead atoms. The molecule has 0 aliphatic heterocycles. The van der Waals surface area contributed by atoms with E-state index in [1.165, 1.54) is 11.1 Å². The van der Waals surface area contributed by atoms with Crippen molar-refractivity contribution in [1.29, 1.82) is 5.41 Å². The number of nitrogens with one attached hydrogen (secondary N) is 2. The largest absolute Gasteiger partial charge is 0.497 e. The molecule has 0 spiro atoms. The van der Waals surface area contributed by atoms with Gasteiger partial charge in [-0.3, -0.25) is 5.41 Å². The van der Waals surface area contributed by atoms with Crippen LogP contribution in [0.4, 0.5) is 0 Å². The molecule has 1 aromatic carbocycles. The van der Waals surface area contributed by atoms with Crippen molar-refractivity contribution in [2.45, 2.75) is 19.8 Å². The summed E-state index contributed by atoms with van der Waals surface area (Å²) in [5.41, 5.74) is 2.57. The zero-order chi connectivity index (χ0) is 15.6. The zero-order valence-electron chi connectivity index (χ0n) is 13.1. The number of benzene rings is 1. The molecule has 1 aliphatic rings. The van der Waals surface area contributed by atoms with Gasteiger partial charge in [0.1, 0.15) is 5.76 Å². The third-order valence-corrected chi connectivity index (χ3v) is 3.38. The fourth-order valence-electron chi connectivity index (χ4n) is 2.28. The van der Waals surface area contributed by atoms with Crippen LogP contribution in [0.15, 0.2) is 53.8 Å². The molecule has 0 atom stereocenters. The van der Waals surface area contributed by atoms with Gasteiger partial charge in [0.2, 0.25) is 0 Å². The molecule has 0 radical (unpaired) electrons. The fraction of sp³-hybridized carbons (Fsp3) is 0.389. The highest BCUT2D eigenvalue weighted by molar-refractivity contribution is 5.74. The van der Waals surface area contributed by atoms with Crippen molar-refractivity contribution < 1.29 is 9.47 Å². The first-order valence-electron chi connectivity index (χ1n) is 7.74. The van der Waals surface area contributed by atoms with Gasteiger partial charge in [0.15, 0.2) is 5.90 Å². The lowest BCUT2D eigenvalue weighted by Gasteiger charge is -2.10. The number of rotatable bonds is 9. The molecule has 0 amide bonds. The Morgan fingerprint density at radius 1 is 1.23 bits per heavy atom. The van der Waals surface area contributed by atoms with Gasteiger partial charge in [-0.15, -0.1) is 0 Å². The Morgan fingerprint density at radius 3 is 2.82 bits per heavy atom. The van der Waals surface area contributed by atoms with Crippen LogP contribution in [0.25, 0.3) is 0 Å². The van der Waals surface area contributed by atoms with Crippen molar-refractivity contribution in [3.05, 3.63) is 59.4 Å². The smallest absolute Gasteiger partial charge is 0.194 e. The second-order valence-corrected chi connectivity index (χ2v) is 5.18. The normalized spacial score (nSPS) is 13.5. The van der Waals surface area contributed by atoms with Gasteiger partial charge in [0.05, 0.1) is 19.8 Å². The lowest BCUT2D eigenvalue weighted by molar-refractivity contribution is 0.211. The predicted molar refractivity (Wildman–Crippen MR) is 89.1 cm³/mol. The van der Waals surface area contributed by atoms with Crippen molar-refractivity contribution in [3.8, 4) is 0 Å². The predicted octanol–water partition coefficient (Wildman–Crippen LogP) is 3.06. The molecule has 0 saturated carbocycles. The van der Waals surface area contributed by atoms with Crippen LogP contribution >= 0.6 is 0 Å². The average molecular weight is 300 g/mol. The number of hydrogen-bond donors (Lipinski definition) is 2. The molecule has 118 valence electrons. The second-order valence-electron chi connectivity index (χ2n) is 5.18. The van der Waals surface area contributed by atoms with E-state index in [2.05, 4.69) is 35.7 Å². The lowest BCUT2D eigenvalue weighted by Crippen LogP contribution is -2.26. The van der Waals surface area contributed by atoms with Crippen LogP contribution in [0, 0.1) is 5.41 Å². The Bertz CT molecular complexity index is 535. The highest BCUT2D eigenvalue weighted by Crippen LogP contribution is 2.19. The van der Waals surface area contributed by atoms with E-state index >= 15 is 0 Å². The number of allylic oxidation sites excluding steroid dienone is 3. The fourth-order valence-corrected chi connectivity index (χ4v) is 2.28. The monoisotopic (exact) mass is 300 g/mol. The summed E-state index contributed by atoms with van der Waals surface area (Å²) in [5.74, 6) is 1.31. The van der Waals surface area contributed by atoms with E-state index in [0.717, 1.165) is 25.1 Å². The molecule has 2 N–H and O–H groups in total. The van der Waals surface area contributed by atoms with Crippen LogP contribution in [-0.4, -0.2) is 32.2 Å². The molecule has 4 nitrogen and oxygen atoms in total. The van der Waals surface area contributed by atoms with E-state index < -0.39 is 0 Å². The molecule has 4 heteroatoms. The van der Waals surface area contributed by atoms with Crippen LogP contribution in [0.3, 0.4) is 0 Å². The molecule has 0 unspecified atom stereocenters. The molecular formula is C18H24N2O2. The maximum Gasteiger partial charge on any atom is 0.194 e. The Morgan fingerprint density at radius 2 is 2.05 bits per heavy atom. The molecular weight excluding hydrogens is 276 g/mol. The van der Waals surface area contributed by atoms with Gasteiger partial charge in [-0.05, 0) is 24.1 Å². The van der Waals surface area contributed by atoms with Gasteiger partial charge in [-0.2, -0.15) is 0 Å². The maximum atomic E-state index is 7.53. The minimum Gasteiger partial charge on any atom is -0.497 e. The third kappa shape index (κ3) is 5.74. The van der Waals surface area contributed by atoms with Crippen LogP contribution in [0.1, 0.15) is 18.9 Å². The summed E-state index contributed by atoms with van der Waals surface area (Å²) in [5, 5.41) is 10.7. The Labute approximate surface area is 132 Å². The first kappa shape index (κ1) is 16.3. The summed E-state index contributed by atoms with van der Waals surface area (Å²) in [6.07, 6.45) is 5.91. The van der Waals surface area contributed by atoms with Crippen LogP contribution in [-0.2, 0) is 15.9 Å². The minimum atomic E-state index is 0.286. The minimum absolute atomic E-state index is 0.286. The summed E-state index contributed by atoms with van der Waals surface area (Å²) in [4.78, 5) is 0. The zero-order valence-corrected chi connectivity index (χ0v) is 13.1. The van der Waals surface area contributed by atoms with Crippen LogP contribution < -0.4 is 5.32 Å². The highest BCUT2D eigenvalue weighted by Gasteiger charge is 2.09. The molecule has 0 heterocycles. The van der Waals surface area contributed by atoms with Gasteiger partial charge in [0, 0.05) is 19.4 Å². The van der Waals surface area contributed by atoms with E-state index in [4.69, 9.17) is 14.9 Å². The van der Waals surface area contributed by atoms with Gasteiger partial charge in [0.25, 0.3) is 0 Å². The summed E-state index contributed by atoms with van der Waals surface area (Å²) < 4.78 is 10.9. The Kier molecular flexibility index (Phi) is 6.71. The first-order chi connectivity index (χ1) is 10.8. The first-order valence-corrected chi connectivity index (χ1v) is 7.74. The molecule has 2 rings (SSSR count). The van der Waals surface area contributed by atoms with Crippen molar-refractivity contribution in [3.63, 3.8) is 0 Å². The molecule has 0 aromatic heterocycles. The van der Waals surface area contributed by atoms with E-state index in [1.54, 1.807) is 0 Å². The van der Waals surface area contributed by atoms with Crippen LogP contribution in [0.5, 0.6) is 0 Å². The van der Waals surface area contributed by atoms with Crippen molar-refractivity contribution in [1.82, 2.24) is 5.32 Å². The second kappa shape index (κ2) is 9.05. The van der Waals surface area contributed by atoms with Gasteiger partial charge in [-0.25, -0.2) is 0 Å². The molecule has 0 saturated heterocycles. The number of hydrogen-bond acceptors (Lipinski definition) is 4. The van der Waals surface area contributed by atoms with Crippen molar-refractivity contribution in [2.75, 3.05) is 26.3 Å². The summed E-state index contributed by atoms with van der Waals surface area (Å²) in [6.45, 7) is 4.37. The van der Waals surface area contributed by atoms with Crippen molar-refractivity contribution >= 4 is 5.90 Å². The summed E-state index contributed by atoms with van der Waals surface area (Å²) in [7, 11) is 0.